The number of aliphatic hydroxyl groups is 1. The first-order valence-corrected chi connectivity index (χ1v) is 6.92. The summed E-state index contributed by atoms with van der Waals surface area (Å²) in [5, 5.41) is 10.6. The van der Waals surface area contributed by atoms with Gasteiger partial charge in [0.25, 0.3) is 0 Å². The summed E-state index contributed by atoms with van der Waals surface area (Å²) in [7, 11) is 0. The van der Waals surface area contributed by atoms with Crippen LogP contribution in [0.1, 0.15) is 17.2 Å². The lowest BCUT2D eigenvalue weighted by Crippen LogP contribution is -2.18. The zero-order valence-electron chi connectivity index (χ0n) is 10.4. The Morgan fingerprint density at radius 2 is 1.81 bits per heavy atom. The zero-order chi connectivity index (χ0) is 15.6. The van der Waals surface area contributed by atoms with Crippen LogP contribution < -0.4 is 4.74 Å². The Hall–Kier alpha value is -1.24. The van der Waals surface area contributed by atoms with Gasteiger partial charge in [0, 0.05) is 15.1 Å². The molecule has 112 valence electrons. The van der Waals surface area contributed by atoms with E-state index in [4.69, 9.17) is 11.6 Å². The van der Waals surface area contributed by atoms with Crippen LogP contribution in [0.3, 0.4) is 0 Å². The molecular weight excluding hydrogens is 373 g/mol. The number of halogens is 5. The van der Waals surface area contributed by atoms with Crippen LogP contribution >= 0.6 is 27.5 Å². The molecule has 2 nitrogen and oxygen atoms in total. The molecule has 0 fully saturated rings. The molecule has 2 rings (SSSR count). The fourth-order valence-corrected chi connectivity index (χ4v) is 2.72. The fraction of sp³-hybridized carbons (Fsp3) is 0.143. The second kappa shape index (κ2) is 6.25. The third-order valence-electron chi connectivity index (χ3n) is 2.64. The molecule has 0 aliphatic heterocycles. The van der Waals surface area contributed by atoms with Crippen LogP contribution in [-0.2, 0) is 0 Å². The Kier molecular flexibility index (Phi) is 4.81. The van der Waals surface area contributed by atoms with Crippen molar-refractivity contribution in [3.05, 3.63) is 63.1 Å². The molecule has 0 aliphatic carbocycles. The summed E-state index contributed by atoms with van der Waals surface area (Å²) in [6.45, 7) is 0. The Labute approximate surface area is 132 Å². The highest BCUT2D eigenvalue weighted by molar-refractivity contribution is 9.10. The molecule has 2 aromatic carbocycles. The van der Waals surface area contributed by atoms with Crippen LogP contribution in [0, 0.1) is 0 Å². The first-order valence-electron chi connectivity index (χ1n) is 5.75. The van der Waals surface area contributed by atoms with Gasteiger partial charge in [-0.05, 0) is 29.8 Å². The van der Waals surface area contributed by atoms with E-state index in [1.807, 2.05) is 0 Å². The Bertz CT molecular complexity index is 626. The van der Waals surface area contributed by atoms with Crippen molar-refractivity contribution in [2.45, 2.75) is 12.5 Å². The van der Waals surface area contributed by atoms with E-state index in [-0.39, 0.29) is 5.56 Å². The summed E-state index contributed by atoms with van der Waals surface area (Å²) >= 11 is 9.09. The van der Waals surface area contributed by atoms with Crippen molar-refractivity contribution in [3.63, 3.8) is 0 Å². The third-order valence-corrected chi connectivity index (χ3v) is 3.32. The number of aliphatic hydroxyl groups excluding tert-OH is 1. The van der Waals surface area contributed by atoms with Crippen LogP contribution in [0.15, 0.2) is 46.9 Å². The van der Waals surface area contributed by atoms with Gasteiger partial charge in [0.2, 0.25) is 0 Å². The number of para-hydroxylation sites is 1. The van der Waals surface area contributed by atoms with Crippen molar-refractivity contribution in [1.29, 1.82) is 0 Å². The predicted molar refractivity (Wildman–Crippen MR) is 76.3 cm³/mol. The van der Waals surface area contributed by atoms with Crippen molar-refractivity contribution in [3.8, 4) is 5.75 Å². The zero-order valence-corrected chi connectivity index (χ0v) is 12.7. The minimum atomic E-state index is -4.83. The topological polar surface area (TPSA) is 29.5 Å². The molecule has 1 N–H and O–H groups in total. The quantitative estimate of drug-likeness (QED) is 0.803. The van der Waals surface area contributed by atoms with Gasteiger partial charge in [-0.1, -0.05) is 45.7 Å². The smallest absolute Gasteiger partial charge is 0.405 e. The van der Waals surface area contributed by atoms with E-state index in [9.17, 15) is 18.3 Å². The largest absolute Gasteiger partial charge is 0.573 e. The predicted octanol–water partition coefficient (Wildman–Crippen LogP) is 5.08. The molecule has 0 aliphatic rings. The number of hydrogen-bond acceptors (Lipinski definition) is 2. The maximum absolute atomic E-state index is 12.4. The number of rotatable bonds is 3. The maximum atomic E-state index is 12.4. The molecule has 0 bridgehead atoms. The van der Waals surface area contributed by atoms with E-state index >= 15 is 0 Å². The van der Waals surface area contributed by atoms with Crippen LogP contribution in [0.25, 0.3) is 0 Å². The molecule has 2 aromatic rings. The van der Waals surface area contributed by atoms with Crippen LogP contribution in [-0.4, -0.2) is 11.5 Å². The van der Waals surface area contributed by atoms with Gasteiger partial charge < -0.3 is 9.84 Å². The van der Waals surface area contributed by atoms with Gasteiger partial charge in [-0.15, -0.1) is 13.2 Å². The molecular formula is C14H9BrClF3O2. The van der Waals surface area contributed by atoms with Gasteiger partial charge in [-0.3, -0.25) is 0 Å². The molecule has 0 aromatic heterocycles. The normalized spacial score (nSPS) is 13.0. The van der Waals surface area contributed by atoms with Crippen LogP contribution in [0.2, 0.25) is 5.02 Å². The van der Waals surface area contributed by atoms with Crippen LogP contribution in [0.4, 0.5) is 13.2 Å². The number of hydrogen-bond donors (Lipinski definition) is 1. The lowest BCUT2D eigenvalue weighted by Gasteiger charge is -2.17. The van der Waals surface area contributed by atoms with E-state index in [1.54, 1.807) is 12.1 Å². The molecule has 1 atom stereocenters. The van der Waals surface area contributed by atoms with E-state index in [2.05, 4.69) is 20.7 Å². The molecule has 0 radical (unpaired) electrons. The van der Waals surface area contributed by atoms with Gasteiger partial charge >= 0.3 is 6.36 Å². The average Bonchev–Trinajstić information content (AvgIpc) is 2.35. The Morgan fingerprint density at radius 1 is 1.14 bits per heavy atom. The van der Waals surface area contributed by atoms with Gasteiger partial charge in [-0.25, -0.2) is 0 Å². The van der Waals surface area contributed by atoms with Gasteiger partial charge in [0.05, 0.1) is 0 Å². The van der Waals surface area contributed by atoms with Gasteiger partial charge in [0.1, 0.15) is 11.9 Å². The Balaban J connectivity index is 2.41. The molecule has 0 heterocycles. The summed E-state index contributed by atoms with van der Waals surface area (Å²) in [6.07, 6.45) is -6.12. The highest BCUT2D eigenvalue weighted by Gasteiger charge is 2.33. The number of ether oxygens (including phenoxy) is 1. The highest BCUT2D eigenvalue weighted by Crippen LogP contribution is 2.35. The molecule has 0 saturated heterocycles. The summed E-state index contributed by atoms with van der Waals surface area (Å²) in [4.78, 5) is 0. The fourth-order valence-electron chi connectivity index (χ4n) is 1.84. The molecule has 0 amide bonds. The monoisotopic (exact) mass is 380 g/mol. The summed E-state index contributed by atoms with van der Waals surface area (Å²) < 4.78 is 41.7. The van der Waals surface area contributed by atoms with E-state index in [0.717, 1.165) is 6.07 Å². The maximum Gasteiger partial charge on any atom is 0.573 e. The molecule has 7 heteroatoms. The molecule has 1 unspecified atom stereocenters. The van der Waals surface area contributed by atoms with Crippen molar-refractivity contribution in [2.24, 2.45) is 0 Å². The molecule has 21 heavy (non-hydrogen) atoms. The Morgan fingerprint density at radius 3 is 2.43 bits per heavy atom. The SMILES string of the molecule is OC(c1cc(Cl)cc(Br)c1)c1ccccc1OC(F)(F)F. The standard InChI is InChI=1S/C14H9BrClF3O2/c15-9-5-8(6-10(16)7-9)13(20)11-3-1-2-4-12(11)21-14(17,18)19/h1-7,13,20H. The van der Waals surface area contributed by atoms with Crippen molar-refractivity contribution < 1.29 is 23.0 Å². The van der Waals surface area contributed by atoms with Gasteiger partial charge in [-0.2, -0.15) is 0 Å². The van der Waals surface area contributed by atoms with Crippen molar-refractivity contribution in [2.75, 3.05) is 0 Å². The minimum Gasteiger partial charge on any atom is -0.405 e. The summed E-state index contributed by atoms with van der Waals surface area (Å²) in [5.41, 5.74) is 0.358. The molecule has 0 spiro atoms. The van der Waals surface area contributed by atoms with E-state index in [1.165, 1.54) is 24.3 Å². The van der Waals surface area contributed by atoms with Crippen molar-refractivity contribution in [1.82, 2.24) is 0 Å². The first kappa shape index (κ1) is 16.1. The van der Waals surface area contributed by atoms with E-state index < -0.39 is 18.2 Å². The lowest BCUT2D eigenvalue weighted by atomic mass is 10.0. The minimum absolute atomic E-state index is 0.00370. The second-order valence-corrected chi connectivity index (χ2v) is 5.54. The second-order valence-electron chi connectivity index (χ2n) is 4.19. The summed E-state index contributed by atoms with van der Waals surface area (Å²) in [5.74, 6) is -0.450. The van der Waals surface area contributed by atoms with Gasteiger partial charge in [0.15, 0.2) is 0 Å². The number of alkyl halides is 3. The first-order chi connectivity index (χ1) is 9.76. The summed E-state index contributed by atoms with van der Waals surface area (Å²) in [6, 6.07) is 10.1. The third kappa shape index (κ3) is 4.36. The average molecular weight is 382 g/mol. The molecule has 0 saturated carbocycles. The van der Waals surface area contributed by atoms with Crippen molar-refractivity contribution >= 4 is 27.5 Å². The highest BCUT2D eigenvalue weighted by atomic mass is 79.9. The number of benzene rings is 2. The van der Waals surface area contributed by atoms with E-state index in [0.29, 0.717) is 15.1 Å². The van der Waals surface area contributed by atoms with Crippen LogP contribution in [0.5, 0.6) is 5.75 Å². The lowest BCUT2D eigenvalue weighted by molar-refractivity contribution is -0.275.